The second-order valence-electron chi connectivity index (χ2n) is 9.57. The SMILES string of the molecule is C=C(O)C1=CN2C(=CC1=C)c1c3cccc(OCCCCC)c3nn1CC2C(C)(C)C. The van der Waals surface area contributed by atoms with Crippen LogP contribution in [-0.2, 0) is 6.54 Å². The highest BCUT2D eigenvalue weighted by Crippen LogP contribution is 2.44. The average molecular weight is 420 g/mol. The number of benzene rings is 1. The molecule has 1 unspecified atom stereocenters. The quantitative estimate of drug-likeness (QED) is 0.447. The number of hydrogen-bond donors (Lipinski definition) is 1. The van der Waals surface area contributed by atoms with Crippen LogP contribution in [0.5, 0.6) is 5.75 Å². The Hall–Kier alpha value is -2.95. The third kappa shape index (κ3) is 3.78. The van der Waals surface area contributed by atoms with Gasteiger partial charge in [-0.3, -0.25) is 4.68 Å². The molecule has 164 valence electrons. The Balaban J connectivity index is 1.83. The van der Waals surface area contributed by atoms with Gasteiger partial charge in [-0.2, -0.15) is 5.10 Å². The van der Waals surface area contributed by atoms with Crippen LogP contribution in [0.1, 0.15) is 52.7 Å². The van der Waals surface area contributed by atoms with Gasteiger partial charge in [0.2, 0.25) is 0 Å². The molecular formula is C26H33N3O2. The molecule has 0 bridgehead atoms. The van der Waals surface area contributed by atoms with E-state index in [1.165, 1.54) is 6.42 Å². The highest BCUT2D eigenvalue weighted by atomic mass is 16.5. The maximum atomic E-state index is 10.1. The van der Waals surface area contributed by atoms with Crippen LogP contribution in [0, 0.1) is 5.41 Å². The number of fused-ring (bicyclic) bond motifs is 5. The lowest BCUT2D eigenvalue weighted by Crippen LogP contribution is -2.47. The molecule has 5 heteroatoms. The molecule has 0 radical (unpaired) electrons. The van der Waals surface area contributed by atoms with Crippen molar-refractivity contribution in [3.63, 3.8) is 0 Å². The second kappa shape index (κ2) is 7.95. The van der Waals surface area contributed by atoms with Crippen LogP contribution >= 0.6 is 0 Å². The van der Waals surface area contributed by atoms with E-state index in [9.17, 15) is 5.11 Å². The lowest BCUT2D eigenvalue weighted by atomic mass is 9.82. The first-order valence-electron chi connectivity index (χ1n) is 11.1. The van der Waals surface area contributed by atoms with Crippen LogP contribution in [0.25, 0.3) is 16.6 Å². The monoisotopic (exact) mass is 419 g/mol. The smallest absolute Gasteiger partial charge is 0.147 e. The van der Waals surface area contributed by atoms with E-state index in [-0.39, 0.29) is 17.2 Å². The summed E-state index contributed by atoms with van der Waals surface area (Å²) in [4.78, 5) is 2.26. The van der Waals surface area contributed by atoms with Crippen molar-refractivity contribution in [1.29, 1.82) is 0 Å². The maximum absolute atomic E-state index is 10.1. The van der Waals surface area contributed by atoms with Gasteiger partial charge in [-0.15, -0.1) is 0 Å². The first-order valence-corrected chi connectivity index (χ1v) is 11.1. The zero-order chi connectivity index (χ0) is 22.3. The molecule has 5 nitrogen and oxygen atoms in total. The summed E-state index contributed by atoms with van der Waals surface area (Å²) in [5.74, 6) is 0.879. The summed E-state index contributed by atoms with van der Waals surface area (Å²) in [7, 11) is 0. The van der Waals surface area contributed by atoms with Crippen LogP contribution in [0.15, 0.2) is 60.5 Å². The summed E-state index contributed by atoms with van der Waals surface area (Å²) >= 11 is 0. The lowest BCUT2D eigenvalue weighted by Gasteiger charge is -2.46. The fraction of sp³-hybridized carbons (Fsp3) is 0.423. The van der Waals surface area contributed by atoms with Gasteiger partial charge in [-0.1, -0.05) is 65.8 Å². The standard InChI is InChI=1S/C26H33N3O2/c1-7-8-9-13-31-22-12-10-11-19-24(22)27-29-16-23(26(4,5)6)28-15-20(18(3)30)17(2)14-21(28)25(19)29/h10-12,14-15,23,30H,2-3,7-9,13,16H2,1,4-6H3. The number of ether oxygens (including phenoxy) is 1. The van der Waals surface area contributed by atoms with E-state index in [2.05, 4.69) is 56.5 Å². The van der Waals surface area contributed by atoms with Gasteiger partial charge in [-0.25, -0.2) is 0 Å². The average Bonchev–Trinajstić information content (AvgIpc) is 3.09. The van der Waals surface area contributed by atoms with Crippen molar-refractivity contribution in [1.82, 2.24) is 14.7 Å². The molecule has 1 aromatic carbocycles. The summed E-state index contributed by atoms with van der Waals surface area (Å²) in [6.07, 6.45) is 7.41. The molecule has 0 amide bonds. The minimum Gasteiger partial charge on any atom is -0.508 e. The fourth-order valence-corrected chi connectivity index (χ4v) is 4.44. The molecule has 2 aromatic rings. The molecule has 2 aliphatic heterocycles. The van der Waals surface area contributed by atoms with Crippen LogP contribution in [-0.4, -0.2) is 32.4 Å². The molecule has 1 N–H and O–H groups in total. The Morgan fingerprint density at radius 3 is 2.74 bits per heavy atom. The fourth-order valence-electron chi connectivity index (χ4n) is 4.44. The number of aliphatic hydroxyl groups is 1. The van der Waals surface area contributed by atoms with Gasteiger partial charge >= 0.3 is 0 Å². The zero-order valence-corrected chi connectivity index (χ0v) is 19.1. The molecule has 1 atom stereocenters. The summed E-state index contributed by atoms with van der Waals surface area (Å²) in [5.41, 5.74) is 4.43. The Morgan fingerprint density at radius 1 is 1.29 bits per heavy atom. The summed E-state index contributed by atoms with van der Waals surface area (Å²) < 4.78 is 8.23. The van der Waals surface area contributed by atoms with Crippen molar-refractivity contribution >= 4 is 16.6 Å². The Bertz CT molecular complexity index is 1100. The van der Waals surface area contributed by atoms with Gasteiger partial charge in [0.25, 0.3) is 0 Å². The number of unbranched alkanes of at least 4 members (excludes halogenated alkanes) is 2. The van der Waals surface area contributed by atoms with Gasteiger partial charge in [0, 0.05) is 17.2 Å². The van der Waals surface area contributed by atoms with Gasteiger partial charge < -0.3 is 14.7 Å². The zero-order valence-electron chi connectivity index (χ0n) is 19.1. The molecule has 4 rings (SSSR count). The van der Waals surface area contributed by atoms with Crippen LogP contribution < -0.4 is 4.74 Å². The molecule has 3 heterocycles. The highest BCUT2D eigenvalue weighted by molar-refractivity contribution is 5.95. The van der Waals surface area contributed by atoms with Gasteiger partial charge in [0.05, 0.1) is 30.6 Å². The molecule has 2 aliphatic rings. The van der Waals surface area contributed by atoms with Gasteiger partial charge in [0.1, 0.15) is 17.0 Å². The number of nitrogens with zero attached hydrogens (tertiary/aromatic N) is 3. The third-order valence-electron chi connectivity index (χ3n) is 6.18. The molecule has 0 fully saturated rings. The number of allylic oxidation sites excluding steroid dienone is 2. The Kier molecular flexibility index (Phi) is 5.46. The Labute approximate surface area is 185 Å². The van der Waals surface area contributed by atoms with E-state index in [4.69, 9.17) is 9.84 Å². The van der Waals surface area contributed by atoms with Crippen molar-refractivity contribution in [3.05, 3.63) is 66.2 Å². The van der Waals surface area contributed by atoms with Crippen molar-refractivity contribution in [2.24, 2.45) is 5.41 Å². The van der Waals surface area contributed by atoms with E-state index in [1.807, 2.05) is 24.4 Å². The number of rotatable bonds is 6. The van der Waals surface area contributed by atoms with Crippen LogP contribution in [0.4, 0.5) is 0 Å². The molecule has 0 saturated heterocycles. The predicted molar refractivity (Wildman–Crippen MR) is 127 cm³/mol. The molecule has 0 aliphatic carbocycles. The normalized spacial score (nSPS) is 18.4. The van der Waals surface area contributed by atoms with E-state index in [0.29, 0.717) is 12.2 Å². The first kappa shape index (κ1) is 21.3. The van der Waals surface area contributed by atoms with E-state index >= 15 is 0 Å². The predicted octanol–water partition coefficient (Wildman–Crippen LogP) is 6.20. The first-order chi connectivity index (χ1) is 14.7. The van der Waals surface area contributed by atoms with Gasteiger partial charge in [0.15, 0.2) is 0 Å². The summed E-state index contributed by atoms with van der Waals surface area (Å²) in [6, 6.07) is 6.32. The minimum atomic E-state index is -0.00846. The molecule has 0 spiro atoms. The third-order valence-corrected chi connectivity index (χ3v) is 6.18. The van der Waals surface area contributed by atoms with Crippen LogP contribution in [0.2, 0.25) is 0 Å². The second-order valence-corrected chi connectivity index (χ2v) is 9.57. The topological polar surface area (TPSA) is 50.5 Å². The number of aromatic nitrogens is 2. The van der Waals surface area contributed by atoms with E-state index in [1.54, 1.807) is 0 Å². The van der Waals surface area contributed by atoms with Crippen molar-refractivity contribution in [2.75, 3.05) is 6.61 Å². The van der Waals surface area contributed by atoms with E-state index in [0.717, 1.165) is 53.0 Å². The van der Waals surface area contributed by atoms with E-state index < -0.39 is 0 Å². The number of hydrogen-bond acceptors (Lipinski definition) is 4. The maximum Gasteiger partial charge on any atom is 0.147 e. The van der Waals surface area contributed by atoms with Gasteiger partial charge in [-0.05, 0) is 29.6 Å². The Morgan fingerprint density at radius 2 is 2.06 bits per heavy atom. The molecule has 1 aromatic heterocycles. The molecule has 31 heavy (non-hydrogen) atoms. The lowest BCUT2D eigenvalue weighted by molar-refractivity contribution is 0.156. The largest absolute Gasteiger partial charge is 0.508 e. The van der Waals surface area contributed by atoms with Crippen molar-refractivity contribution < 1.29 is 9.84 Å². The highest BCUT2D eigenvalue weighted by Gasteiger charge is 2.40. The molecular weight excluding hydrogens is 386 g/mol. The minimum absolute atomic E-state index is 0.00846. The van der Waals surface area contributed by atoms with Crippen molar-refractivity contribution in [2.45, 2.75) is 59.5 Å². The summed E-state index contributed by atoms with van der Waals surface area (Å²) in [5, 5.41) is 16.2. The molecule has 0 saturated carbocycles. The van der Waals surface area contributed by atoms with Crippen molar-refractivity contribution in [3.8, 4) is 5.75 Å². The summed E-state index contributed by atoms with van der Waals surface area (Å²) in [6.45, 7) is 18.2. The van der Waals surface area contributed by atoms with Crippen LogP contribution in [0.3, 0.4) is 0 Å². The number of aliphatic hydroxyl groups excluding tert-OH is 1.